The molecule has 2 atom stereocenters. The van der Waals surface area contributed by atoms with Gasteiger partial charge in [-0.15, -0.1) is 0 Å². The van der Waals surface area contributed by atoms with Gasteiger partial charge in [0.1, 0.15) is 6.07 Å². The summed E-state index contributed by atoms with van der Waals surface area (Å²) in [6, 6.07) is 13.0. The lowest BCUT2D eigenvalue weighted by Crippen LogP contribution is -2.49. The van der Waals surface area contributed by atoms with E-state index in [-0.39, 0.29) is 31.0 Å². The molecule has 1 aromatic rings. The number of allylic oxidation sites excluding steroid dienone is 2. The zero-order valence-electron chi connectivity index (χ0n) is 15.7. The zero-order valence-corrected chi connectivity index (χ0v) is 16.5. The first kappa shape index (κ1) is 20.3. The van der Waals surface area contributed by atoms with Crippen molar-refractivity contribution in [2.24, 2.45) is 17.1 Å². The highest BCUT2D eigenvalue weighted by molar-refractivity contribution is 6.30. The van der Waals surface area contributed by atoms with Gasteiger partial charge in [-0.3, -0.25) is 0 Å². The molecule has 2 aliphatic rings. The summed E-state index contributed by atoms with van der Waals surface area (Å²) < 4.78 is 5.10. The van der Waals surface area contributed by atoms with Crippen LogP contribution in [0.2, 0.25) is 5.02 Å². The molecule has 7 nitrogen and oxygen atoms in total. The quantitative estimate of drug-likeness (QED) is 0.801. The van der Waals surface area contributed by atoms with Gasteiger partial charge in [-0.1, -0.05) is 29.8 Å². The van der Waals surface area contributed by atoms with Crippen LogP contribution in [0.5, 0.6) is 0 Å². The molecule has 3 rings (SSSR count). The van der Waals surface area contributed by atoms with Crippen LogP contribution in [-0.4, -0.2) is 30.7 Å². The van der Waals surface area contributed by atoms with Gasteiger partial charge in [-0.2, -0.15) is 15.8 Å². The van der Waals surface area contributed by atoms with Crippen molar-refractivity contribution in [1.29, 1.82) is 15.8 Å². The van der Waals surface area contributed by atoms with Gasteiger partial charge < -0.3 is 15.4 Å². The van der Waals surface area contributed by atoms with E-state index in [9.17, 15) is 20.6 Å². The van der Waals surface area contributed by atoms with Crippen LogP contribution >= 0.6 is 11.6 Å². The van der Waals surface area contributed by atoms with Gasteiger partial charge in [-0.05, 0) is 30.2 Å². The molecule has 1 aliphatic carbocycles. The molecule has 0 aromatic heterocycles. The molecule has 0 spiro atoms. The number of hydrogen-bond donors (Lipinski definition) is 1. The van der Waals surface area contributed by atoms with Crippen LogP contribution in [0.15, 0.2) is 47.2 Å². The number of ether oxygens (including phenoxy) is 1. The van der Waals surface area contributed by atoms with Gasteiger partial charge in [0.2, 0.25) is 0 Å². The van der Waals surface area contributed by atoms with Crippen molar-refractivity contribution >= 4 is 17.7 Å². The number of rotatable bonds is 2. The maximum atomic E-state index is 12.3. The van der Waals surface area contributed by atoms with E-state index < -0.39 is 23.3 Å². The SMILES string of the molecule is CCOC(=O)N1CC=C2C(C#N)=C(N)C(C#N)(C#N)[C@@H](c3cccc(Cl)c3)[C@@H]2C1. The molecule has 0 bridgehead atoms. The van der Waals surface area contributed by atoms with Crippen molar-refractivity contribution in [3.63, 3.8) is 0 Å². The number of hydrogen-bond acceptors (Lipinski definition) is 6. The monoisotopic (exact) mass is 407 g/mol. The van der Waals surface area contributed by atoms with Gasteiger partial charge in [0.05, 0.1) is 30.0 Å². The first-order valence-electron chi connectivity index (χ1n) is 9.03. The fourth-order valence-corrected chi connectivity index (χ4v) is 4.32. The van der Waals surface area contributed by atoms with Crippen LogP contribution < -0.4 is 5.73 Å². The summed E-state index contributed by atoms with van der Waals surface area (Å²) in [5.41, 5.74) is 5.80. The van der Waals surface area contributed by atoms with Crippen LogP contribution in [0, 0.1) is 45.3 Å². The average molecular weight is 408 g/mol. The minimum atomic E-state index is -1.77. The van der Waals surface area contributed by atoms with E-state index in [0.29, 0.717) is 16.2 Å². The standard InChI is InChI=1S/C21H18ClN5O2/c1-2-29-20(28)27-7-6-15-16(9-23)19(26)21(11-24,12-25)18(17(15)10-27)13-4-3-5-14(22)8-13/h3-6,8,17-18H,2,7,10,26H2,1H3/t17-,18+/m1/s1. The Kier molecular flexibility index (Phi) is 5.50. The minimum absolute atomic E-state index is 0.0675. The van der Waals surface area contributed by atoms with E-state index >= 15 is 0 Å². The highest BCUT2D eigenvalue weighted by Crippen LogP contribution is 2.54. The number of halogens is 1. The number of nitrogens with zero attached hydrogens (tertiary/aromatic N) is 4. The van der Waals surface area contributed by atoms with E-state index in [2.05, 4.69) is 18.2 Å². The molecular formula is C21H18ClN5O2. The number of carbonyl (C=O) groups is 1. The van der Waals surface area contributed by atoms with Crippen LogP contribution in [0.1, 0.15) is 18.4 Å². The van der Waals surface area contributed by atoms with E-state index in [1.54, 1.807) is 37.3 Å². The molecule has 1 aliphatic heterocycles. The smallest absolute Gasteiger partial charge is 0.410 e. The lowest BCUT2D eigenvalue weighted by atomic mass is 9.58. The van der Waals surface area contributed by atoms with Gasteiger partial charge in [0.25, 0.3) is 0 Å². The summed E-state index contributed by atoms with van der Waals surface area (Å²) in [6.07, 6.45) is 1.25. The predicted octanol–water partition coefficient (Wildman–Crippen LogP) is 3.22. The first-order valence-corrected chi connectivity index (χ1v) is 9.41. The number of fused-ring (bicyclic) bond motifs is 1. The molecule has 8 heteroatoms. The number of amides is 1. The van der Waals surface area contributed by atoms with Crippen LogP contribution in [-0.2, 0) is 4.74 Å². The number of carbonyl (C=O) groups excluding carboxylic acids is 1. The maximum absolute atomic E-state index is 12.3. The lowest BCUT2D eigenvalue weighted by Gasteiger charge is -2.45. The molecule has 0 saturated heterocycles. The van der Waals surface area contributed by atoms with Crippen molar-refractivity contribution in [3.05, 3.63) is 57.8 Å². The topological polar surface area (TPSA) is 127 Å². The Morgan fingerprint density at radius 2 is 2.10 bits per heavy atom. The molecule has 0 radical (unpaired) electrons. The van der Waals surface area contributed by atoms with Crippen molar-refractivity contribution in [1.82, 2.24) is 4.90 Å². The predicted molar refractivity (Wildman–Crippen MR) is 105 cm³/mol. The van der Waals surface area contributed by atoms with Crippen molar-refractivity contribution in [3.8, 4) is 18.2 Å². The molecule has 0 fully saturated rings. The number of benzene rings is 1. The highest BCUT2D eigenvalue weighted by atomic mass is 35.5. The number of nitriles is 3. The summed E-state index contributed by atoms with van der Waals surface area (Å²) in [7, 11) is 0. The molecule has 0 unspecified atom stereocenters. The Labute approximate surface area is 173 Å². The summed E-state index contributed by atoms with van der Waals surface area (Å²) in [5, 5.41) is 30.2. The molecule has 146 valence electrons. The molecule has 1 aromatic carbocycles. The number of nitrogens with two attached hydrogens (primary N) is 1. The third kappa shape index (κ3) is 3.18. The largest absolute Gasteiger partial charge is 0.450 e. The van der Waals surface area contributed by atoms with E-state index in [4.69, 9.17) is 22.1 Å². The molecule has 0 saturated carbocycles. The average Bonchev–Trinajstić information content (AvgIpc) is 2.73. The van der Waals surface area contributed by atoms with E-state index in [0.717, 1.165) is 0 Å². The van der Waals surface area contributed by atoms with Gasteiger partial charge in [0, 0.05) is 29.9 Å². The second-order valence-electron chi connectivity index (χ2n) is 6.83. The van der Waals surface area contributed by atoms with Crippen molar-refractivity contribution < 1.29 is 9.53 Å². The lowest BCUT2D eigenvalue weighted by molar-refractivity contribution is 0.0999. The molecule has 29 heavy (non-hydrogen) atoms. The van der Waals surface area contributed by atoms with Crippen LogP contribution in [0.25, 0.3) is 0 Å². The molecule has 1 amide bonds. The zero-order chi connectivity index (χ0) is 21.2. The summed E-state index contributed by atoms with van der Waals surface area (Å²) in [4.78, 5) is 13.8. The third-order valence-corrected chi connectivity index (χ3v) is 5.63. The van der Waals surface area contributed by atoms with Crippen LogP contribution in [0.3, 0.4) is 0 Å². The Morgan fingerprint density at radius 3 is 2.69 bits per heavy atom. The Bertz CT molecular complexity index is 1030. The van der Waals surface area contributed by atoms with E-state index in [1.165, 1.54) is 4.90 Å². The third-order valence-electron chi connectivity index (χ3n) is 5.40. The molecule has 1 heterocycles. The Balaban J connectivity index is 2.24. The van der Waals surface area contributed by atoms with Gasteiger partial charge in [-0.25, -0.2) is 4.79 Å². The highest BCUT2D eigenvalue weighted by Gasteiger charge is 2.54. The molecular weight excluding hydrogens is 390 g/mol. The summed E-state index contributed by atoms with van der Waals surface area (Å²) in [6.45, 7) is 2.37. The molecule has 2 N–H and O–H groups in total. The summed E-state index contributed by atoms with van der Waals surface area (Å²) in [5.74, 6) is -1.20. The first-order chi connectivity index (χ1) is 13.9. The minimum Gasteiger partial charge on any atom is -0.450 e. The Hall–Kier alpha value is -3.47. The van der Waals surface area contributed by atoms with Gasteiger partial charge in [0.15, 0.2) is 5.41 Å². The second kappa shape index (κ2) is 7.87. The second-order valence-corrected chi connectivity index (χ2v) is 7.27. The van der Waals surface area contributed by atoms with Crippen molar-refractivity contribution in [2.75, 3.05) is 19.7 Å². The fraction of sp³-hybridized carbons (Fsp3) is 0.333. The Morgan fingerprint density at radius 1 is 1.38 bits per heavy atom. The van der Waals surface area contributed by atoms with Gasteiger partial charge >= 0.3 is 6.09 Å². The normalized spacial score (nSPS) is 22.4. The fourth-order valence-electron chi connectivity index (χ4n) is 4.12. The van der Waals surface area contributed by atoms with Crippen molar-refractivity contribution in [2.45, 2.75) is 12.8 Å². The maximum Gasteiger partial charge on any atom is 0.410 e. The van der Waals surface area contributed by atoms with E-state index in [1.807, 2.05) is 0 Å². The van der Waals surface area contributed by atoms with Crippen LogP contribution in [0.4, 0.5) is 4.79 Å². The summed E-state index contributed by atoms with van der Waals surface area (Å²) >= 11 is 6.17.